The smallest absolute Gasteiger partial charge is 0.220 e. The van der Waals surface area contributed by atoms with E-state index < -0.39 is 0 Å². The van der Waals surface area contributed by atoms with E-state index in [0.717, 1.165) is 18.5 Å². The molecule has 1 saturated heterocycles. The number of hydrogen-bond donors (Lipinski definition) is 2. The Morgan fingerprint density at radius 3 is 2.27 bits per heavy atom. The molecule has 3 N–H and O–H groups in total. The van der Waals surface area contributed by atoms with Crippen LogP contribution in [0.4, 0.5) is 0 Å². The van der Waals surface area contributed by atoms with Gasteiger partial charge in [0.05, 0.1) is 0 Å². The summed E-state index contributed by atoms with van der Waals surface area (Å²) in [5.74, 6) is 0.0802. The molecule has 4 nitrogen and oxygen atoms in total. The molecule has 1 aliphatic heterocycles. The van der Waals surface area contributed by atoms with Crippen LogP contribution in [0.3, 0.4) is 0 Å². The lowest BCUT2D eigenvalue weighted by molar-refractivity contribution is -0.121. The number of amides is 1. The summed E-state index contributed by atoms with van der Waals surface area (Å²) in [6.45, 7) is 4.66. The second-order valence-electron chi connectivity index (χ2n) is 5.47. The number of carbonyl (C=O) groups excluding carboxylic acids is 1. The van der Waals surface area contributed by atoms with Crippen molar-refractivity contribution < 1.29 is 4.79 Å². The third-order valence-corrected chi connectivity index (χ3v) is 3.73. The fraction of sp³-hybridized carbons (Fsp3) is 0.562. The molecule has 0 aliphatic carbocycles. The largest absolute Gasteiger partial charge is 0.352 e. The number of halogens is 2. The number of hydrogen-bond acceptors (Lipinski definition) is 3. The molecule has 126 valence electrons. The Kier molecular flexibility index (Phi) is 11.3. The monoisotopic (exact) mass is 347 g/mol. The zero-order valence-electron chi connectivity index (χ0n) is 12.9. The summed E-state index contributed by atoms with van der Waals surface area (Å²) in [4.78, 5) is 14.0. The van der Waals surface area contributed by atoms with E-state index in [1.54, 1.807) is 0 Å². The fourth-order valence-corrected chi connectivity index (χ4v) is 2.51. The molecule has 0 unspecified atom stereocenters. The molecule has 1 aromatic rings. The van der Waals surface area contributed by atoms with E-state index in [1.165, 1.54) is 31.5 Å². The molecule has 0 aromatic heterocycles. The maximum atomic E-state index is 11.5. The van der Waals surface area contributed by atoms with Gasteiger partial charge < -0.3 is 11.1 Å². The molecule has 0 spiro atoms. The van der Waals surface area contributed by atoms with Crippen molar-refractivity contribution in [2.24, 2.45) is 5.73 Å². The molecule has 2 rings (SSSR count). The summed E-state index contributed by atoms with van der Waals surface area (Å²) >= 11 is 0. The third-order valence-electron chi connectivity index (χ3n) is 3.73. The van der Waals surface area contributed by atoms with Gasteiger partial charge in [-0.3, -0.25) is 9.69 Å². The quantitative estimate of drug-likeness (QED) is 0.796. The van der Waals surface area contributed by atoms with Crippen LogP contribution in [0.25, 0.3) is 0 Å². The van der Waals surface area contributed by atoms with Crippen molar-refractivity contribution in [1.29, 1.82) is 0 Å². The van der Waals surface area contributed by atoms with Crippen LogP contribution in [-0.2, 0) is 17.9 Å². The minimum absolute atomic E-state index is 0. The highest BCUT2D eigenvalue weighted by Gasteiger charge is 2.11. The summed E-state index contributed by atoms with van der Waals surface area (Å²) in [5, 5.41) is 2.92. The summed E-state index contributed by atoms with van der Waals surface area (Å²) in [6, 6.07) is 8.54. The number of nitrogens with one attached hydrogen (secondary N) is 1. The van der Waals surface area contributed by atoms with Gasteiger partial charge in [0, 0.05) is 19.5 Å². The van der Waals surface area contributed by atoms with Crippen molar-refractivity contribution in [3.05, 3.63) is 35.4 Å². The molecule has 1 aliphatic rings. The minimum Gasteiger partial charge on any atom is -0.352 e. The number of likely N-dealkylation sites (tertiary alicyclic amines) is 1. The van der Waals surface area contributed by atoms with E-state index in [1.807, 2.05) is 0 Å². The lowest BCUT2D eigenvalue weighted by Gasteiger charge is -2.14. The molecule has 0 radical (unpaired) electrons. The lowest BCUT2D eigenvalue weighted by atomic mass is 10.1. The second-order valence-corrected chi connectivity index (χ2v) is 5.47. The van der Waals surface area contributed by atoms with Crippen LogP contribution in [0.2, 0.25) is 0 Å². The Morgan fingerprint density at radius 2 is 1.68 bits per heavy atom. The van der Waals surface area contributed by atoms with Crippen LogP contribution in [0.1, 0.15) is 36.8 Å². The Labute approximate surface area is 145 Å². The average Bonchev–Trinajstić information content (AvgIpc) is 2.97. The zero-order chi connectivity index (χ0) is 14.2. The first-order valence-corrected chi connectivity index (χ1v) is 7.55. The predicted octanol–water partition coefficient (Wildman–Crippen LogP) is 2.48. The molecule has 22 heavy (non-hydrogen) atoms. The summed E-state index contributed by atoms with van der Waals surface area (Å²) in [7, 11) is 0. The second kappa shape index (κ2) is 11.7. The van der Waals surface area contributed by atoms with E-state index in [2.05, 4.69) is 34.5 Å². The molecule has 1 aromatic carbocycles. The van der Waals surface area contributed by atoms with Crippen molar-refractivity contribution in [2.45, 2.75) is 38.8 Å². The van der Waals surface area contributed by atoms with E-state index >= 15 is 0 Å². The van der Waals surface area contributed by atoms with Crippen LogP contribution in [0.15, 0.2) is 24.3 Å². The van der Waals surface area contributed by atoms with E-state index in [0.29, 0.717) is 19.5 Å². The van der Waals surface area contributed by atoms with Crippen LogP contribution < -0.4 is 11.1 Å². The molecule has 0 bridgehead atoms. The number of carbonyl (C=O) groups is 1. The van der Waals surface area contributed by atoms with Crippen molar-refractivity contribution in [3.63, 3.8) is 0 Å². The summed E-state index contributed by atoms with van der Waals surface area (Å²) in [6.07, 6.45) is 3.92. The number of rotatable bonds is 7. The van der Waals surface area contributed by atoms with Crippen LogP contribution in [0.5, 0.6) is 0 Å². The van der Waals surface area contributed by atoms with Crippen molar-refractivity contribution in [2.75, 3.05) is 19.6 Å². The van der Waals surface area contributed by atoms with Gasteiger partial charge in [-0.25, -0.2) is 0 Å². The van der Waals surface area contributed by atoms with Gasteiger partial charge in [0.2, 0.25) is 5.91 Å². The van der Waals surface area contributed by atoms with Gasteiger partial charge in [-0.05, 0) is 50.0 Å². The molecular formula is C16H27Cl2N3O. The fourth-order valence-electron chi connectivity index (χ4n) is 2.51. The van der Waals surface area contributed by atoms with Gasteiger partial charge in [-0.2, -0.15) is 0 Å². The highest BCUT2D eigenvalue weighted by molar-refractivity contribution is 5.85. The van der Waals surface area contributed by atoms with Crippen LogP contribution in [0, 0.1) is 0 Å². The van der Waals surface area contributed by atoms with Gasteiger partial charge in [0.15, 0.2) is 0 Å². The molecule has 1 fully saturated rings. The molecule has 1 amide bonds. The molecular weight excluding hydrogens is 321 g/mol. The predicted molar refractivity (Wildman–Crippen MR) is 95.6 cm³/mol. The Balaban J connectivity index is 0.00000220. The maximum absolute atomic E-state index is 11.5. The van der Waals surface area contributed by atoms with Gasteiger partial charge in [0.1, 0.15) is 0 Å². The lowest BCUT2D eigenvalue weighted by Crippen LogP contribution is -2.23. The molecule has 0 atom stereocenters. The number of nitrogens with two attached hydrogens (primary N) is 1. The topological polar surface area (TPSA) is 58.4 Å². The summed E-state index contributed by atoms with van der Waals surface area (Å²) < 4.78 is 0. The summed E-state index contributed by atoms with van der Waals surface area (Å²) in [5.41, 5.74) is 7.89. The number of benzene rings is 1. The highest BCUT2D eigenvalue weighted by Crippen LogP contribution is 2.13. The normalized spacial score (nSPS) is 14.0. The standard InChI is InChI=1S/C16H25N3O.2ClH/c17-9-3-4-16(20)18-12-14-5-7-15(8-6-14)13-19-10-1-2-11-19;;/h5-8H,1-4,9-13,17H2,(H,18,20);2*1H. The first-order chi connectivity index (χ1) is 9.78. The average molecular weight is 348 g/mol. The van der Waals surface area contributed by atoms with Gasteiger partial charge in [0.25, 0.3) is 0 Å². The van der Waals surface area contributed by atoms with Gasteiger partial charge in [-0.15, -0.1) is 24.8 Å². The Bertz CT molecular complexity index is 420. The van der Waals surface area contributed by atoms with Gasteiger partial charge >= 0.3 is 0 Å². The van der Waals surface area contributed by atoms with E-state index in [4.69, 9.17) is 5.73 Å². The van der Waals surface area contributed by atoms with Gasteiger partial charge in [-0.1, -0.05) is 24.3 Å². The van der Waals surface area contributed by atoms with Crippen molar-refractivity contribution >= 4 is 30.7 Å². The van der Waals surface area contributed by atoms with E-state index in [-0.39, 0.29) is 30.7 Å². The molecule has 6 heteroatoms. The number of nitrogens with zero attached hydrogens (tertiary/aromatic N) is 1. The SMILES string of the molecule is Cl.Cl.NCCCC(=O)NCc1ccc(CN2CCCC2)cc1. The maximum Gasteiger partial charge on any atom is 0.220 e. The first kappa shape index (κ1) is 21.2. The van der Waals surface area contributed by atoms with Crippen LogP contribution >= 0.6 is 24.8 Å². The Hall–Kier alpha value is -0.810. The minimum atomic E-state index is 0. The Morgan fingerprint density at radius 1 is 1.09 bits per heavy atom. The zero-order valence-corrected chi connectivity index (χ0v) is 14.6. The highest BCUT2D eigenvalue weighted by atomic mass is 35.5. The van der Waals surface area contributed by atoms with Crippen molar-refractivity contribution in [1.82, 2.24) is 10.2 Å². The molecule has 1 heterocycles. The van der Waals surface area contributed by atoms with Crippen molar-refractivity contribution in [3.8, 4) is 0 Å². The third kappa shape index (κ3) is 7.45. The van der Waals surface area contributed by atoms with Crippen LogP contribution in [-0.4, -0.2) is 30.4 Å². The van der Waals surface area contributed by atoms with E-state index in [9.17, 15) is 4.79 Å². The molecule has 0 saturated carbocycles. The first-order valence-electron chi connectivity index (χ1n) is 7.55.